The Morgan fingerprint density at radius 1 is 0.377 bits per heavy atom. The summed E-state index contributed by atoms with van der Waals surface area (Å²) in [6, 6.07) is 15.4. The Kier molecular flexibility index (Phi) is 31.9. The number of hydrogen-bond acceptors (Lipinski definition) is 12. The Balaban J connectivity index is 1.18. The molecule has 302 valence electrons. The van der Waals surface area contributed by atoms with Crippen molar-refractivity contribution in [1.82, 2.24) is 0 Å². The van der Waals surface area contributed by atoms with Crippen LogP contribution < -0.4 is 9.47 Å². The van der Waals surface area contributed by atoms with Crippen LogP contribution in [0.1, 0.15) is 61.4 Å². The molecule has 0 aliphatic rings. The van der Waals surface area contributed by atoms with Crippen LogP contribution in [0.15, 0.2) is 48.5 Å². The highest BCUT2D eigenvalue weighted by Gasteiger charge is 2.00. The fourth-order valence-electron chi connectivity index (χ4n) is 4.80. The normalized spacial score (nSPS) is 11.3. The van der Waals surface area contributed by atoms with Gasteiger partial charge in [0, 0.05) is 5.56 Å². The lowest BCUT2D eigenvalue weighted by atomic mass is 10.0. The molecule has 53 heavy (non-hydrogen) atoms. The Hall–Kier alpha value is -2.65. The summed E-state index contributed by atoms with van der Waals surface area (Å²) in [5.74, 6) is 1.59. The van der Waals surface area contributed by atoms with E-state index < -0.39 is 0 Å². The number of hydrogen-bond donors (Lipinski definition) is 0. The molecule has 0 N–H and O–H groups in total. The molecule has 0 amide bonds. The predicted octanol–water partition coefficient (Wildman–Crippen LogP) is 6.01. The molecular formula is C41H66O12. The fraction of sp³-hybridized carbons (Fsp3) is 0.683. The summed E-state index contributed by atoms with van der Waals surface area (Å²) >= 11 is 0. The highest BCUT2D eigenvalue weighted by atomic mass is 16.6. The Bertz CT molecular complexity index is 1050. The number of carbonyl (C=O) groups excluding carboxylic acids is 1. The van der Waals surface area contributed by atoms with Crippen molar-refractivity contribution < 1.29 is 56.9 Å². The van der Waals surface area contributed by atoms with E-state index in [9.17, 15) is 4.79 Å². The third-order valence-electron chi connectivity index (χ3n) is 7.73. The van der Waals surface area contributed by atoms with Gasteiger partial charge in [-0.2, -0.15) is 0 Å². The molecule has 0 aliphatic carbocycles. The maximum Gasteiger partial charge on any atom is 0.150 e. The highest BCUT2D eigenvalue weighted by Crippen LogP contribution is 2.15. The molecule has 0 bridgehead atoms. The number of unbranched alkanes of at least 4 members (excludes halogenated alkanes) is 5. The van der Waals surface area contributed by atoms with Crippen LogP contribution in [0.25, 0.3) is 0 Å². The Morgan fingerprint density at radius 2 is 0.679 bits per heavy atom. The molecule has 0 radical (unpaired) electrons. The van der Waals surface area contributed by atoms with Gasteiger partial charge in [0.25, 0.3) is 0 Å². The Morgan fingerprint density at radius 3 is 1.02 bits per heavy atom. The van der Waals surface area contributed by atoms with E-state index in [2.05, 4.69) is 19.1 Å². The third-order valence-corrected chi connectivity index (χ3v) is 7.73. The van der Waals surface area contributed by atoms with Crippen molar-refractivity contribution in [3.63, 3.8) is 0 Å². The zero-order valence-electron chi connectivity index (χ0n) is 32.2. The lowest BCUT2D eigenvalue weighted by Crippen LogP contribution is -2.15. The van der Waals surface area contributed by atoms with Crippen LogP contribution in [0.4, 0.5) is 0 Å². The molecule has 2 aromatic carbocycles. The van der Waals surface area contributed by atoms with E-state index in [1.165, 1.54) is 44.1 Å². The molecule has 0 aromatic heterocycles. The van der Waals surface area contributed by atoms with Gasteiger partial charge < -0.3 is 52.1 Å². The smallest absolute Gasteiger partial charge is 0.150 e. The minimum Gasteiger partial charge on any atom is -0.491 e. The highest BCUT2D eigenvalue weighted by molar-refractivity contribution is 5.74. The predicted molar refractivity (Wildman–Crippen MR) is 204 cm³/mol. The number of aldehydes is 1. The van der Waals surface area contributed by atoms with Crippen LogP contribution >= 0.6 is 0 Å². The minimum absolute atomic E-state index is 0.431. The van der Waals surface area contributed by atoms with Gasteiger partial charge in [-0.25, -0.2) is 0 Å². The molecule has 2 rings (SSSR count). The van der Waals surface area contributed by atoms with E-state index in [0.29, 0.717) is 143 Å². The van der Waals surface area contributed by atoms with Crippen molar-refractivity contribution in [2.75, 3.05) is 132 Å². The van der Waals surface area contributed by atoms with Crippen molar-refractivity contribution in [3.05, 3.63) is 59.7 Å². The van der Waals surface area contributed by atoms with Crippen molar-refractivity contribution in [3.8, 4) is 11.5 Å². The molecule has 0 spiro atoms. The van der Waals surface area contributed by atoms with Gasteiger partial charge in [-0.05, 0) is 54.8 Å². The van der Waals surface area contributed by atoms with Crippen LogP contribution in [0.3, 0.4) is 0 Å². The van der Waals surface area contributed by atoms with E-state index in [-0.39, 0.29) is 0 Å². The van der Waals surface area contributed by atoms with Gasteiger partial charge in [0.2, 0.25) is 0 Å². The molecule has 0 unspecified atom stereocenters. The summed E-state index contributed by atoms with van der Waals surface area (Å²) in [7, 11) is 0. The summed E-state index contributed by atoms with van der Waals surface area (Å²) in [6.07, 6.45) is 9.87. The first-order valence-corrected chi connectivity index (χ1v) is 19.4. The molecule has 0 fully saturated rings. The third kappa shape index (κ3) is 29.4. The molecule has 0 heterocycles. The minimum atomic E-state index is 0.431. The van der Waals surface area contributed by atoms with Crippen molar-refractivity contribution >= 4 is 6.29 Å². The molecule has 2 aromatic rings. The van der Waals surface area contributed by atoms with Gasteiger partial charge in [-0.15, -0.1) is 0 Å². The van der Waals surface area contributed by atoms with E-state index >= 15 is 0 Å². The Labute approximate surface area is 317 Å². The average Bonchev–Trinajstić information content (AvgIpc) is 3.19. The van der Waals surface area contributed by atoms with Gasteiger partial charge in [0.05, 0.1) is 119 Å². The first kappa shape index (κ1) is 46.5. The zero-order chi connectivity index (χ0) is 37.5. The lowest BCUT2D eigenvalue weighted by molar-refractivity contribution is -0.0257. The second-order valence-corrected chi connectivity index (χ2v) is 12.1. The van der Waals surface area contributed by atoms with Crippen molar-refractivity contribution in [2.24, 2.45) is 0 Å². The monoisotopic (exact) mass is 750 g/mol. The lowest BCUT2D eigenvalue weighted by Gasteiger charge is -2.09. The molecule has 0 aliphatic heterocycles. The quantitative estimate of drug-likeness (QED) is 0.0587. The molecule has 12 heteroatoms. The fourth-order valence-corrected chi connectivity index (χ4v) is 4.80. The molecule has 0 saturated heterocycles. The van der Waals surface area contributed by atoms with Crippen LogP contribution in [0.5, 0.6) is 11.5 Å². The van der Waals surface area contributed by atoms with Crippen molar-refractivity contribution in [2.45, 2.75) is 51.9 Å². The van der Waals surface area contributed by atoms with Crippen LogP contribution in [0.2, 0.25) is 0 Å². The maximum atomic E-state index is 10.7. The van der Waals surface area contributed by atoms with Gasteiger partial charge in [0.1, 0.15) is 31.0 Å². The van der Waals surface area contributed by atoms with E-state index in [1.54, 1.807) is 24.3 Å². The van der Waals surface area contributed by atoms with Crippen molar-refractivity contribution in [1.29, 1.82) is 0 Å². The molecular weight excluding hydrogens is 684 g/mol. The number of benzene rings is 2. The number of carbonyl (C=O) groups is 1. The van der Waals surface area contributed by atoms with Gasteiger partial charge >= 0.3 is 0 Å². The summed E-state index contributed by atoms with van der Waals surface area (Å²) in [5.41, 5.74) is 1.99. The average molecular weight is 751 g/mol. The topological polar surface area (TPSA) is 119 Å². The second kappa shape index (κ2) is 36.3. The summed E-state index contributed by atoms with van der Waals surface area (Å²) in [6.45, 7) is 12.3. The maximum absolute atomic E-state index is 10.7. The summed E-state index contributed by atoms with van der Waals surface area (Å²) in [4.78, 5) is 10.7. The number of rotatable bonds is 40. The van der Waals surface area contributed by atoms with Crippen LogP contribution in [-0.2, 0) is 49.1 Å². The molecule has 0 saturated carbocycles. The largest absolute Gasteiger partial charge is 0.491 e. The molecule has 12 nitrogen and oxygen atoms in total. The summed E-state index contributed by atoms with van der Waals surface area (Å²) < 4.78 is 60.9. The van der Waals surface area contributed by atoms with E-state index in [0.717, 1.165) is 18.5 Å². The van der Waals surface area contributed by atoms with Gasteiger partial charge in [-0.1, -0.05) is 51.2 Å². The summed E-state index contributed by atoms with van der Waals surface area (Å²) in [5, 5.41) is 0. The SMILES string of the molecule is CCCCCCCCc1ccc(OCCOCCOCCOCCOCCOCCOCCOCCOCCOCCOc2ccc(C=O)cc2)cc1. The van der Waals surface area contributed by atoms with Crippen LogP contribution in [-0.4, -0.2) is 138 Å². The van der Waals surface area contributed by atoms with E-state index in [1.807, 2.05) is 12.1 Å². The van der Waals surface area contributed by atoms with Gasteiger partial charge in [0.15, 0.2) is 0 Å². The number of aryl methyl sites for hydroxylation is 1. The first-order valence-electron chi connectivity index (χ1n) is 19.4. The zero-order valence-corrected chi connectivity index (χ0v) is 32.2. The van der Waals surface area contributed by atoms with Gasteiger partial charge in [-0.3, -0.25) is 4.79 Å². The van der Waals surface area contributed by atoms with Crippen LogP contribution in [0, 0.1) is 0 Å². The van der Waals surface area contributed by atoms with E-state index in [4.69, 9.17) is 52.1 Å². The number of ether oxygens (including phenoxy) is 11. The first-order chi connectivity index (χ1) is 26.3. The second-order valence-electron chi connectivity index (χ2n) is 12.1. The standard InChI is InChI=1S/C41H66O12/c1-2-3-4-5-6-7-8-38-9-13-40(14-10-38)52-35-33-50-31-29-48-27-25-46-23-21-44-19-17-43-18-20-45-22-24-47-26-28-49-30-32-51-34-36-53-41-15-11-39(37-42)12-16-41/h9-16,37H,2-8,17-36H2,1H3. The molecule has 0 atom stereocenters.